The van der Waals surface area contributed by atoms with Gasteiger partial charge in [-0.3, -0.25) is 0 Å². The summed E-state index contributed by atoms with van der Waals surface area (Å²) >= 11 is 0. The Morgan fingerprint density at radius 1 is 1.16 bits per heavy atom. The molecule has 1 aromatic heterocycles. The van der Waals surface area contributed by atoms with E-state index in [1.165, 1.54) is 32.1 Å². The van der Waals surface area contributed by atoms with Crippen LogP contribution < -0.4 is 5.63 Å². The number of carbonyl (C=O) groups is 1. The second kappa shape index (κ2) is 9.19. The van der Waals surface area contributed by atoms with E-state index in [2.05, 4.69) is 6.92 Å². The maximum absolute atomic E-state index is 12.8. The van der Waals surface area contributed by atoms with Crippen molar-refractivity contribution >= 4 is 11.5 Å². The fraction of sp³-hybridized carbons (Fsp3) is 0.680. The largest absolute Gasteiger partial charge is 0.497 e. The molecule has 1 saturated heterocycles. The molecule has 6 nitrogen and oxygen atoms in total. The Balaban J connectivity index is 1.49. The Kier molecular flexibility index (Phi) is 6.56. The molecule has 3 unspecified atom stereocenters. The first-order chi connectivity index (χ1) is 14.8. The summed E-state index contributed by atoms with van der Waals surface area (Å²) in [5.41, 5.74) is 3.77. The molecule has 3 aliphatic rings. The Hall–Kier alpha value is -2.08. The number of aliphatic carboxylic acids is 1. The van der Waals surface area contributed by atoms with Gasteiger partial charge in [0.2, 0.25) is 0 Å². The summed E-state index contributed by atoms with van der Waals surface area (Å²) in [6.45, 7) is 6.32. The van der Waals surface area contributed by atoms with E-state index in [9.17, 15) is 14.7 Å². The minimum Gasteiger partial charge on any atom is -0.497 e. The van der Waals surface area contributed by atoms with E-state index in [0.29, 0.717) is 24.7 Å². The van der Waals surface area contributed by atoms with Gasteiger partial charge in [0, 0.05) is 23.5 Å². The molecule has 2 heterocycles. The van der Waals surface area contributed by atoms with Gasteiger partial charge in [-0.25, -0.2) is 9.59 Å². The molecule has 2 aliphatic carbocycles. The van der Waals surface area contributed by atoms with E-state index in [0.717, 1.165) is 47.3 Å². The van der Waals surface area contributed by atoms with Crippen LogP contribution in [0.25, 0.3) is 5.57 Å². The van der Waals surface area contributed by atoms with Crippen LogP contribution in [-0.4, -0.2) is 29.9 Å². The highest BCUT2D eigenvalue weighted by atomic mass is 16.5. The summed E-state index contributed by atoms with van der Waals surface area (Å²) in [7, 11) is 0. The van der Waals surface area contributed by atoms with Gasteiger partial charge in [0.05, 0.1) is 12.7 Å². The summed E-state index contributed by atoms with van der Waals surface area (Å²) in [5.74, 6) is 1.21. The number of hydrogen-bond donors (Lipinski definition) is 1. The number of carboxylic acid groups (broad SMARTS) is 1. The lowest BCUT2D eigenvalue weighted by Crippen LogP contribution is -2.22. The van der Waals surface area contributed by atoms with Crippen LogP contribution in [0, 0.1) is 18.8 Å². The highest BCUT2D eigenvalue weighted by Gasteiger charge is 2.37. The lowest BCUT2D eigenvalue weighted by atomic mass is 9.83. The van der Waals surface area contributed by atoms with E-state index in [1.54, 1.807) is 0 Å². The maximum Gasteiger partial charge on any atom is 0.339 e. The minimum atomic E-state index is -0.919. The normalized spacial score (nSPS) is 26.7. The second-order valence-electron chi connectivity index (χ2n) is 9.53. The van der Waals surface area contributed by atoms with Gasteiger partial charge < -0.3 is 19.0 Å². The van der Waals surface area contributed by atoms with Gasteiger partial charge in [0.15, 0.2) is 6.10 Å². The van der Waals surface area contributed by atoms with Crippen molar-refractivity contribution in [3.63, 3.8) is 0 Å². The fourth-order valence-electron chi connectivity index (χ4n) is 5.44. The Morgan fingerprint density at radius 3 is 2.58 bits per heavy atom. The van der Waals surface area contributed by atoms with E-state index in [1.807, 2.05) is 13.8 Å². The number of allylic oxidation sites excluding steroid dienone is 2. The summed E-state index contributed by atoms with van der Waals surface area (Å²) < 4.78 is 17.5. The molecule has 6 heteroatoms. The Labute approximate surface area is 183 Å². The first kappa shape index (κ1) is 22.1. The zero-order valence-electron chi connectivity index (χ0n) is 18.9. The number of ether oxygens (including phenoxy) is 2. The first-order valence-electron chi connectivity index (χ1n) is 11.7. The molecule has 0 radical (unpaired) electrons. The van der Waals surface area contributed by atoms with Crippen molar-refractivity contribution in [2.24, 2.45) is 11.8 Å². The molecule has 1 saturated carbocycles. The highest BCUT2D eigenvalue weighted by molar-refractivity contribution is 5.72. The van der Waals surface area contributed by atoms with E-state index < -0.39 is 12.1 Å². The predicted molar refractivity (Wildman–Crippen MR) is 117 cm³/mol. The monoisotopic (exact) mass is 430 g/mol. The molecule has 0 amide bonds. The topological polar surface area (TPSA) is 86.0 Å². The maximum atomic E-state index is 12.8. The van der Waals surface area contributed by atoms with Crippen LogP contribution in [0.2, 0.25) is 0 Å². The van der Waals surface area contributed by atoms with Crippen molar-refractivity contribution in [3.8, 4) is 0 Å². The molecular formula is C25H34O6. The van der Waals surface area contributed by atoms with Crippen LogP contribution in [0.5, 0.6) is 0 Å². The molecule has 3 atom stereocenters. The second-order valence-corrected chi connectivity index (χ2v) is 9.53. The zero-order chi connectivity index (χ0) is 22.1. The molecule has 170 valence electrons. The molecule has 1 N–H and O–H groups in total. The first-order valence-corrected chi connectivity index (χ1v) is 11.7. The third-order valence-electron chi connectivity index (χ3n) is 7.51. The molecule has 0 aromatic carbocycles. The van der Waals surface area contributed by atoms with Gasteiger partial charge in [-0.05, 0) is 57.1 Å². The van der Waals surface area contributed by atoms with Gasteiger partial charge in [-0.1, -0.05) is 32.1 Å². The van der Waals surface area contributed by atoms with E-state index in [4.69, 9.17) is 13.9 Å². The third-order valence-corrected chi connectivity index (χ3v) is 7.51. The van der Waals surface area contributed by atoms with Crippen molar-refractivity contribution in [1.29, 1.82) is 0 Å². The summed E-state index contributed by atoms with van der Waals surface area (Å²) in [6.07, 6.45) is 8.19. The summed E-state index contributed by atoms with van der Waals surface area (Å²) in [4.78, 5) is 24.0. The molecule has 0 bridgehead atoms. The highest BCUT2D eigenvalue weighted by Crippen LogP contribution is 2.36. The van der Waals surface area contributed by atoms with Crippen molar-refractivity contribution in [1.82, 2.24) is 0 Å². The lowest BCUT2D eigenvalue weighted by Gasteiger charge is -2.26. The molecule has 1 aromatic rings. The summed E-state index contributed by atoms with van der Waals surface area (Å²) in [6, 6.07) is 0. The van der Waals surface area contributed by atoms with Gasteiger partial charge in [-0.2, -0.15) is 0 Å². The average Bonchev–Trinajstić information content (AvgIpc) is 3.13. The molecule has 31 heavy (non-hydrogen) atoms. The lowest BCUT2D eigenvalue weighted by molar-refractivity contribution is -0.149. The number of fused-ring (bicyclic) bond motifs is 1. The molecule has 4 rings (SSSR count). The smallest absolute Gasteiger partial charge is 0.339 e. The molecule has 2 fully saturated rings. The number of rotatable bonds is 6. The van der Waals surface area contributed by atoms with Crippen molar-refractivity contribution in [2.45, 2.75) is 90.8 Å². The quantitative estimate of drug-likeness (QED) is 0.707. The standard InChI is InChI=1S/C25H34O6/c1-14-19-9-10-21(29-13-18-12-22(24(26)27)30-16(18)3)15(2)23(19)31-25(28)20(14)11-17-7-5-4-6-8-17/h16-18,22H,4-13H2,1-3H3,(H,26,27). The zero-order valence-corrected chi connectivity index (χ0v) is 18.9. The SMILES string of the molecule is CC1=C(OCC2CC(C(=O)O)OC2C)CCc2c1oc(=O)c(CC1CCCCC1)c2C. The van der Waals surface area contributed by atoms with Gasteiger partial charge in [0.25, 0.3) is 0 Å². The Morgan fingerprint density at radius 2 is 1.90 bits per heavy atom. The predicted octanol–water partition coefficient (Wildman–Crippen LogP) is 4.64. The summed E-state index contributed by atoms with van der Waals surface area (Å²) in [5, 5.41) is 9.18. The molecular weight excluding hydrogens is 396 g/mol. The van der Waals surface area contributed by atoms with Crippen LogP contribution in [0.15, 0.2) is 15.0 Å². The van der Waals surface area contributed by atoms with Crippen LogP contribution in [0.4, 0.5) is 0 Å². The van der Waals surface area contributed by atoms with Crippen molar-refractivity contribution in [3.05, 3.63) is 38.6 Å². The third kappa shape index (κ3) is 4.59. The number of hydrogen-bond acceptors (Lipinski definition) is 5. The molecule has 0 spiro atoms. The van der Waals surface area contributed by atoms with E-state index in [-0.39, 0.29) is 17.6 Å². The van der Waals surface area contributed by atoms with Crippen LogP contribution in [-0.2, 0) is 27.1 Å². The van der Waals surface area contributed by atoms with Crippen LogP contribution in [0.3, 0.4) is 0 Å². The van der Waals surface area contributed by atoms with Gasteiger partial charge in [0.1, 0.15) is 11.5 Å². The fourth-order valence-corrected chi connectivity index (χ4v) is 5.44. The van der Waals surface area contributed by atoms with E-state index >= 15 is 0 Å². The van der Waals surface area contributed by atoms with Crippen LogP contribution >= 0.6 is 0 Å². The van der Waals surface area contributed by atoms with Gasteiger partial charge >= 0.3 is 11.6 Å². The molecule has 1 aliphatic heterocycles. The van der Waals surface area contributed by atoms with Crippen molar-refractivity contribution < 1.29 is 23.8 Å². The minimum absolute atomic E-state index is 0.0365. The van der Waals surface area contributed by atoms with Crippen LogP contribution in [0.1, 0.15) is 81.2 Å². The van der Waals surface area contributed by atoms with Gasteiger partial charge in [-0.15, -0.1) is 0 Å². The average molecular weight is 431 g/mol. The number of carboxylic acids is 1. The van der Waals surface area contributed by atoms with Crippen molar-refractivity contribution in [2.75, 3.05) is 6.61 Å². The Bertz CT molecular complexity index is 921.